The van der Waals surface area contributed by atoms with Gasteiger partial charge in [0.25, 0.3) is 0 Å². The number of ether oxygens (including phenoxy) is 1. The summed E-state index contributed by atoms with van der Waals surface area (Å²) in [7, 11) is 0. The Kier molecular flexibility index (Phi) is 7.26. The SMILES string of the molecule is CCOC(=O)C1=C(CSc2ccccn2)NC(C)=C(C#N)C1c1ccccc1C(F)(F)F. The number of nitrogens with zero attached hydrogens (tertiary/aromatic N) is 2. The zero-order chi connectivity index (χ0) is 23.3. The van der Waals surface area contributed by atoms with Crippen LogP contribution < -0.4 is 5.32 Å². The quantitative estimate of drug-likeness (QED) is 0.473. The second kappa shape index (κ2) is 9.92. The molecular formula is C23H20F3N3O2S. The van der Waals surface area contributed by atoms with Gasteiger partial charge in [0.05, 0.1) is 40.3 Å². The molecule has 3 rings (SSSR count). The molecule has 0 fully saturated rings. The Bertz CT molecular complexity index is 1110. The molecule has 2 heterocycles. The van der Waals surface area contributed by atoms with Crippen LogP contribution in [0.25, 0.3) is 0 Å². The van der Waals surface area contributed by atoms with Crippen molar-refractivity contribution in [2.75, 3.05) is 12.4 Å². The standard InChI is InChI=1S/C23H20F3N3O2S/c1-3-31-22(30)21-18(13-32-19-10-6-7-11-28-19)29-14(2)16(12-27)20(21)15-8-4-5-9-17(15)23(24,25)26/h4-11,20,29H,3,13H2,1-2H3. The molecule has 0 radical (unpaired) electrons. The van der Waals surface area contributed by atoms with E-state index in [0.29, 0.717) is 16.4 Å². The predicted molar refractivity (Wildman–Crippen MR) is 114 cm³/mol. The van der Waals surface area contributed by atoms with Crippen LogP contribution in [0.3, 0.4) is 0 Å². The second-order valence-electron chi connectivity index (χ2n) is 6.86. The number of allylic oxidation sites excluding steroid dienone is 2. The van der Waals surface area contributed by atoms with Crippen molar-refractivity contribution >= 4 is 17.7 Å². The van der Waals surface area contributed by atoms with Crippen LogP contribution in [0, 0.1) is 11.3 Å². The van der Waals surface area contributed by atoms with Gasteiger partial charge >= 0.3 is 12.1 Å². The fourth-order valence-electron chi connectivity index (χ4n) is 3.50. The van der Waals surface area contributed by atoms with E-state index in [-0.39, 0.29) is 29.1 Å². The molecule has 0 bridgehead atoms. The summed E-state index contributed by atoms with van der Waals surface area (Å²) in [4.78, 5) is 17.2. The maximum absolute atomic E-state index is 13.8. The lowest BCUT2D eigenvalue weighted by atomic mass is 9.79. The van der Waals surface area contributed by atoms with Crippen LogP contribution >= 0.6 is 11.8 Å². The van der Waals surface area contributed by atoms with Crippen molar-refractivity contribution in [3.63, 3.8) is 0 Å². The fraction of sp³-hybridized carbons (Fsp3) is 0.261. The molecule has 0 spiro atoms. The van der Waals surface area contributed by atoms with Gasteiger partial charge in [0.1, 0.15) is 0 Å². The lowest BCUT2D eigenvalue weighted by Crippen LogP contribution is -2.31. The van der Waals surface area contributed by atoms with Crippen molar-refractivity contribution in [2.45, 2.75) is 31.0 Å². The molecule has 1 atom stereocenters. The molecule has 5 nitrogen and oxygen atoms in total. The van der Waals surface area contributed by atoms with Crippen molar-refractivity contribution in [1.82, 2.24) is 10.3 Å². The Morgan fingerprint density at radius 2 is 1.97 bits per heavy atom. The third kappa shape index (κ3) is 4.97. The van der Waals surface area contributed by atoms with Crippen molar-refractivity contribution in [3.05, 3.63) is 82.3 Å². The molecule has 1 N–H and O–H groups in total. The number of halogens is 3. The summed E-state index contributed by atoms with van der Waals surface area (Å²) in [5, 5.41) is 13.5. The molecule has 1 aliphatic rings. The van der Waals surface area contributed by atoms with Crippen molar-refractivity contribution in [2.24, 2.45) is 0 Å². The van der Waals surface area contributed by atoms with E-state index >= 15 is 0 Å². The molecule has 1 aliphatic heterocycles. The first-order valence-corrected chi connectivity index (χ1v) is 10.7. The van der Waals surface area contributed by atoms with Crippen LogP contribution in [-0.2, 0) is 15.7 Å². The first-order chi connectivity index (χ1) is 15.3. The van der Waals surface area contributed by atoms with E-state index < -0.39 is 23.6 Å². The normalized spacial score (nSPS) is 16.4. The van der Waals surface area contributed by atoms with E-state index in [0.717, 1.165) is 6.07 Å². The number of nitrogens with one attached hydrogen (secondary N) is 1. The molecule has 1 aromatic carbocycles. The van der Waals surface area contributed by atoms with E-state index in [1.807, 2.05) is 12.1 Å². The zero-order valence-corrected chi connectivity index (χ0v) is 18.2. The molecule has 2 aromatic rings. The first-order valence-electron chi connectivity index (χ1n) is 9.75. The Balaban J connectivity index is 2.18. The van der Waals surface area contributed by atoms with Crippen LogP contribution in [0.15, 0.2) is 76.2 Å². The van der Waals surface area contributed by atoms with Gasteiger partial charge in [-0.25, -0.2) is 9.78 Å². The van der Waals surface area contributed by atoms with Crippen molar-refractivity contribution in [3.8, 4) is 6.07 Å². The fourth-order valence-corrected chi connectivity index (χ4v) is 4.33. The van der Waals surface area contributed by atoms with Gasteiger partial charge in [0.2, 0.25) is 0 Å². The second-order valence-corrected chi connectivity index (χ2v) is 7.86. The number of nitriles is 1. The highest BCUT2D eigenvalue weighted by Crippen LogP contribution is 2.44. The van der Waals surface area contributed by atoms with E-state index in [9.17, 15) is 23.2 Å². The van der Waals surface area contributed by atoms with Gasteiger partial charge < -0.3 is 10.1 Å². The molecule has 1 unspecified atom stereocenters. The number of benzene rings is 1. The monoisotopic (exact) mass is 459 g/mol. The Morgan fingerprint density at radius 1 is 1.25 bits per heavy atom. The predicted octanol–water partition coefficient (Wildman–Crippen LogP) is 5.19. The van der Waals surface area contributed by atoms with Crippen LogP contribution in [-0.4, -0.2) is 23.3 Å². The number of hydrogen-bond donors (Lipinski definition) is 1. The number of aromatic nitrogens is 1. The van der Waals surface area contributed by atoms with Gasteiger partial charge in [-0.3, -0.25) is 0 Å². The number of carbonyl (C=O) groups is 1. The topological polar surface area (TPSA) is 75.0 Å². The summed E-state index contributed by atoms with van der Waals surface area (Å²) < 4.78 is 46.6. The summed E-state index contributed by atoms with van der Waals surface area (Å²) in [6.07, 6.45) is -3.03. The third-order valence-corrected chi connectivity index (χ3v) is 5.81. The zero-order valence-electron chi connectivity index (χ0n) is 17.4. The number of thioether (sulfide) groups is 1. The number of esters is 1. The Hall–Kier alpha value is -3.25. The van der Waals surface area contributed by atoms with Gasteiger partial charge in [0, 0.05) is 23.3 Å². The Labute approximate surface area is 188 Å². The van der Waals surface area contributed by atoms with Crippen LogP contribution in [0.2, 0.25) is 0 Å². The van der Waals surface area contributed by atoms with Gasteiger partial charge in [-0.05, 0) is 37.6 Å². The molecule has 1 aromatic heterocycles. The summed E-state index contributed by atoms with van der Waals surface area (Å²) in [6.45, 7) is 3.26. The molecule has 166 valence electrons. The van der Waals surface area contributed by atoms with Gasteiger partial charge in [-0.15, -0.1) is 11.8 Å². The molecule has 0 aliphatic carbocycles. The molecule has 0 saturated carbocycles. The summed E-state index contributed by atoms with van der Waals surface area (Å²) in [5.41, 5.74) is -0.256. The largest absolute Gasteiger partial charge is 0.463 e. The van der Waals surface area contributed by atoms with Crippen molar-refractivity contribution < 1.29 is 22.7 Å². The Morgan fingerprint density at radius 3 is 2.59 bits per heavy atom. The molecule has 0 saturated heterocycles. The average Bonchev–Trinajstić information content (AvgIpc) is 2.77. The lowest BCUT2D eigenvalue weighted by Gasteiger charge is -2.31. The smallest absolute Gasteiger partial charge is 0.416 e. The van der Waals surface area contributed by atoms with Crippen LogP contribution in [0.5, 0.6) is 0 Å². The average molecular weight is 459 g/mol. The number of alkyl halides is 3. The lowest BCUT2D eigenvalue weighted by molar-refractivity contribution is -0.140. The number of pyridine rings is 1. The van der Waals surface area contributed by atoms with E-state index in [1.165, 1.54) is 30.0 Å². The first kappa shape index (κ1) is 23.4. The molecule has 0 amide bonds. The minimum atomic E-state index is -4.65. The highest BCUT2D eigenvalue weighted by Gasteiger charge is 2.41. The van der Waals surface area contributed by atoms with E-state index in [2.05, 4.69) is 10.3 Å². The number of carbonyl (C=O) groups excluding carboxylic acids is 1. The van der Waals surface area contributed by atoms with Crippen molar-refractivity contribution in [1.29, 1.82) is 5.26 Å². The number of hydrogen-bond acceptors (Lipinski definition) is 6. The van der Waals surface area contributed by atoms with Gasteiger partial charge in [0.15, 0.2) is 0 Å². The van der Waals surface area contributed by atoms with Crippen LogP contribution in [0.4, 0.5) is 13.2 Å². The number of rotatable bonds is 6. The minimum absolute atomic E-state index is 0.00543. The summed E-state index contributed by atoms with van der Waals surface area (Å²) >= 11 is 1.32. The van der Waals surface area contributed by atoms with Crippen LogP contribution in [0.1, 0.15) is 30.9 Å². The summed E-state index contributed by atoms with van der Waals surface area (Å²) in [5.74, 6) is -1.75. The number of dihydropyridines is 1. The molecular weight excluding hydrogens is 439 g/mol. The third-order valence-electron chi connectivity index (χ3n) is 4.84. The molecule has 32 heavy (non-hydrogen) atoms. The highest BCUT2D eigenvalue weighted by atomic mass is 32.2. The highest BCUT2D eigenvalue weighted by molar-refractivity contribution is 7.99. The minimum Gasteiger partial charge on any atom is -0.463 e. The van der Waals surface area contributed by atoms with E-state index in [1.54, 1.807) is 32.2 Å². The van der Waals surface area contributed by atoms with Gasteiger partial charge in [-0.2, -0.15) is 18.4 Å². The summed E-state index contributed by atoms with van der Waals surface area (Å²) in [6, 6.07) is 12.3. The van der Waals surface area contributed by atoms with Gasteiger partial charge in [-0.1, -0.05) is 24.3 Å². The maximum atomic E-state index is 13.8. The van der Waals surface area contributed by atoms with E-state index in [4.69, 9.17) is 4.74 Å². The molecule has 9 heteroatoms. The maximum Gasteiger partial charge on any atom is 0.416 e.